The molecule has 0 aliphatic carbocycles. The van der Waals surface area contributed by atoms with E-state index in [1.165, 1.54) is 12.5 Å². The molecular formula is C11H9NO3. The van der Waals surface area contributed by atoms with E-state index in [2.05, 4.69) is 0 Å². The Morgan fingerprint density at radius 3 is 2.47 bits per heavy atom. The lowest BCUT2D eigenvalue weighted by Crippen LogP contribution is -2.12. The van der Waals surface area contributed by atoms with Crippen LogP contribution >= 0.6 is 0 Å². The highest BCUT2D eigenvalue weighted by Crippen LogP contribution is 2.18. The minimum absolute atomic E-state index is 0.287. The van der Waals surface area contributed by atoms with Crippen LogP contribution in [-0.2, 0) is 4.79 Å². The number of nitrogens with two attached hydrogens (primary N) is 1. The molecule has 0 unspecified atom stereocenters. The molecule has 0 aromatic carbocycles. The van der Waals surface area contributed by atoms with Gasteiger partial charge < -0.3 is 14.6 Å². The first-order valence-electron chi connectivity index (χ1n) is 4.36. The van der Waals surface area contributed by atoms with E-state index < -0.39 is 5.91 Å². The Hall–Kier alpha value is -2.23. The van der Waals surface area contributed by atoms with E-state index in [-0.39, 0.29) is 5.57 Å². The van der Waals surface area contributed by atoms with Crippen LogP contribution in [0.2, 0.25) is 0 Å². The Morgan fingerprint density at radius 2 is 1.93 bits per heavy atom. The molecule has 0 aliphatic rings. The minimum atomic E-state index is -0.554. The van der Waals surface area contributed by atoms with Crippen LogP contribution in [0.1, 0.15) is 11.5 Å². The van der Waals surface area contributed by atoms with Crippen molar-refractivity contribution in [2.75, 3.05) is 0 Å². The molecule has 2 rings (SSSR count). The highest BCUT2D eigenvalue weighted by molar-refractivity contribution is 6.22. The quantitative estimate of drug-likeness (QED) is 0.774. The molecule has 0 atom stereocenters. The number of furan rings is 2. The molecule has 0 saturated carbocycles. The van der Waals surface area contributed by atoms with Crippen molar-refractivity contribution < 1.29 is 13.6 Å². The Balaban J connectivity index is 2.41. The van der Waals surface area contributed by atoms with Crippen LogP contribution < -0.4 is 5.73 Å². The molecule has 2 heterocycles. The monoisotopic (exact) mass is 203 g/mol. The summed E-state index contributed by atoms with van der Waals surface area (Å²) in [6.07, 6.45) is 4.54. The lowest BCUT2D eigenvalue weighted by Gasteiger charge is -1.97. The molecule has 4 nitrogen and oxygen atoms in total. The maximum Gasteiger partial charge on any atom is 0.252 e. The minimum Gasteiger partial charge on any atom is -0.465 e. The van der Waals surface area contributed by atoms with Gasteiger partial charge in [0.1, 0.15) is 11.5 Å². The van der Waals surface area contributed by atoms with Gasteiger partial charge in [-0.3, -0.25) is 4.79 Å². The second kappa shape index (κ2) is 3.88. The largest absolute Gasteiger partial charge is 0.465 e. The number of carbonyl (C=O) groups excluding carboxylic acids is 1. The average Bonchev–Trinajstić information content (AvgIpc) is 2.87. The Kier molecular flexibility index (Phi) is 2.41. The van der Waals surface area contributed by atoms with Crippen molar-refractivity contribution in [2.24, 2.45) is 5.73 Å². The molecule has 0 saturated heterocycles. The van der Waals surface area contributed by atoms with Gasteiger partial charge in [0.05, 0.1) is 18.1 Å². The molecular weight excluding hydrogens is 194 g/mol. The summed E-state index contributed by atoms with van der Waals surface area (Å²) in [4.78, 5) is 11.2. The van der Waals surface area contributed by atoms with Crippen molar-refractivity contribution in [1.29, 1.82) is 0 Å². The van der Waals surface area contributed by atoms with Crippen LogP contribution in [0.5, 0.6) is 0 Å². The number of amides is 1. The van der Waals surface area contributed by atoms with Gasteiger partial charge in [0, 0.05) is 0 Å². The van der Waals surface area contributed by atoms with Gasteiger partial charge in [-0.25, -0.2) is 0 Å². The molecule has 0 aliphatic heterocycles. The molecule has 0 spiro atoms. The fraction of sp³-hybridized carbons (Fsp3) is 0. The van der Waals surface area contributed by atoms with E-state index in [9.17, 15) is 4.79 Å². The smallest absolute Gasteiger partial charge is 0.252 e. The summed E-state index contributed by atoms with van der Waals surface area (Å²) >= 11 is 0. The van der Waals surface area contributed by atoms with E-state index in [0.29, 0.717) is 11.5 Å². The van der Waals surface area contributed by atoms with Crippen molar-refractivity contribution in [3.8, 4) is 0 Å². The number of hydrogen-bond acceptors (Lipinski definition) is 3. The summed E-state index contributed by atoms with van der Waals surface area (Å²) in [6, 6.07) is 6.81. The molecule has 0 fully saturated rings. The summed E-state index contributed by atoms with van der Waals surface area (Å²) in [5, 5.41) is 0. The summed E-state index contributed by atoms with van der Waals surface area (Å²) in [6.45, 7) is 0. The number of hydrogen-bond donors (Lipinski definition) is 1. The van der Waals surface area contributed by atoms with Crippen LogP contribution in [0, 0.1) is 0 Å². The fourth-order valence-electron chi connectivity index (χ4n) is 1.21. The molecule has 2 aromatic heterocycles. The summed E-state index contributed by atoms with van der Waals surface area (Å²) < 4.78 is 10.2. The lowest BCUT2D eigenvalue weighted by atomic mass is 10.1. The molecule has 15 heavy (non-hydrogen) atoms. The third-order valence-electron chi connectivity index (χ3n) is 1.88. The van der Waals surface area contributed by atoms with Crippen LogP contribution in [-0.4, -0.2) is 5.91 Å². The van der Waals surface area contributed by atoms with Crippen molar-refractivity contribution in [3.05, 3.63) is 48.3 Å². The number of carbonyl (C=O) groups is 1. The van der Waals surface area contributed by atoms with Gasteiger partial charge in [0.2, 0.25) is 0 Å². The summed E-state index contributed by atoms with van der Waals surface area (Å²) in [5.74, 6) is 0.431. The van der Waals surface area contributed by atoms with Crippen LogP contribution in [0.4, 0.5) is 0 Å². The van der Waals surface area contributed by atoms with E-state index in [0.717, 1.165) is 0 Å². The second-order valence-corrected chi connectivity index (χ2v) is 2.91. The van der Waals surface area contributed by atoms with Crippen molar-refractivity contribution in [3.63, 3.8) is 0 Å². The Labute approximate surface area is 86.0 Å². The third-order valence-corrected chi connectivity index (χ3v) is 1.88. The van der Waals surface area contributed by atoms with Gasteiger partial charge in [-0.1, -0.05) is 0 Å². The van der Waals surface area contributed by atoms with Crippen LogP contribution in [0.15, 0.2) is 45.6 Å². The SMILES string of the molecule is NC(=O)/C(=C\c1ccco1)c1ccco1. The second-order valence-electron chi connectivity index (χ2n) is 2.91. The first-order chi connectivity index (χ1) is 7.27. The van der Waals surface area contributed by atoms with Gasteiger partial charge in [-0.2, -0.15) is 0 Å². The standard InChI is InChI=1S/C11H9NO3/c12-11(13)9(10-4-2-6-15-10)7-8-3-1-5-14-8/h1-7H,(H2,12,13)/b9-7-. The van der Waals surface area contributed by atoms with Gasteiger partial charge in [-0.05, 0) is 30.3 Å². The van der Waals surface area contributed by atoms with Gasteiger partial charge in [-0.15, -0.1) is 0 Å². The molecule has 1 amide bonds. The van der Waals surface area contributed by atoms with Crippen molar-refractivity contribution in [2.45, 2.75) is 0 Å². The zero-order chi connectivity index (χ0) is 10.7. The van der Waals surface area contributed by atoms with Crippen molar-refractivity contribution in [1.82, 2.24) is 0 Å². The van der Waals surface area contributed by atoms with Crippen LogP contribution in [0.25, 0.3) is 11.6 Å². The van der Waals surface area contributed by atoms with E-state index in [1.807, 2.05) is 0 Å². The Bertz CT molecular complexity index is 466. The molecule has 2 N–H and O–H groups in total. The Morgan fingerprint density at radius 1 is 1.20 bits per heavy atom. The highest BCUT2D eigenvalue weighted by atomic mass is 16.3. The number of primary amides is 1. The zero-order valence-electron chi connectivity index (χ0n) is 7.84. The van der Waals surface area contributed by atoms with Gasteiger partial charge in [0.25, 0.3) is 5.91 Å². The predicted octanol–water partition coefficient (Wildman–Crippen LogP) is 1.90. The zero-order valence-corrected chi connectivity index (χ0v) is 7.84. The molecule has 2 aromatic rings. The normalized spacial score (nSPS) is 11.6. The van der Waals surface area contributed by atoms with Crippen molar-refractivity contribution >= 4 is 17.6 Å². The molecule has 0 bridgehead atoms. The van der Waals surface area contributed by atoms with Gasteiger partial charge >= 0.3 is 0 Å². The summed E-state index contributed by atoms with van der Waals surface area (Å²) in [7, 11) is 0. The topological polar surface area (TPSA) is 69.4 Å². The fourth-order valence-corrected chi connectivity index (χ4v) is 1.21. The maximum absolute atomic E-state index is 11.2. The summed E-state index contributed by atoms with van der Waals surface area (Å²) in [5.41, 5.74) is 5.52. The third kappa shape index (κ3) is 1.99. The molecule has 76 valence electrons. The molecule has 0 radical (unpaired) electrons. The maximum atomic E-state index is 11.2. The average molecular weight is 203 g/mol. The number of rotatable bonds is 3. The predicted molar refractivity (Wildman–Crippen MR) is 54.5 cm³/mol. The lowest BCUT2D eigenvalue weighted by molar-refractivity contribution is -0.112. The highest BCUT2D eigenvalue weighted by Gasteiger charge is 2.11. The van der Waals surface area contributed by atoms with E-state index >= 15 is 0 Å². The van der Waals surface area contributed by atoms with E-state index in [4.69, 9.17) is 14.6 Å². The first kappa shape index (κ1) is 9.33. The molecule has 4 heteroatoms. The van der Waals surface area contributed by atoms with E-state index in [1.54, 1.807) is 30.3 Å². The first-order valence-corrected chi connectivity index (χ1v) is 4.36. The van der Waals surface area contributed by atoms with Gasteiger partial charge in [0.15, 0.2) is 0 Å². The van der Waals surface area contributed by atoms with Crippen LogP contribution in [0.3, 0.4) is 0 Å².